The van der Waals surface area contributed by atoms with Crippen molar-refractivity contribution in [1.82, 2.24) is 9.47 Å². The number of fused-ring (bicyclic) bond motifs is 2. The topological polar surface area (TPSA) is 25.2 Å². The van der Waals surface area contributed by atoms with Crippen molar-refractivity contribution in [1.29, 1.82) is 0 Å². The Kier molecular flexibility index (Phi) is 4.80. The molecule has 1 aromatic heterocycles. The lowest BCUT2D eigenvalue weighted by atomic mass is 9.93. The van der Waals surface area contributed by atoms with Crippen molar-refractivity contribution in [2.75, 3.05) is 0 Å². The van der Waals surface area contributed by atoms with E-state index in [0.29, 0.717) is 6.54 Å². The van der Waals surface area contributed by atoms with Gasteiger partial charge < -0.3 is 9.47 Å². The molecule has 4 aromatic carbocycles. The van der Waals surface area contributed by atoms with Gasteiger partial charge >= 0.3 is 0 Å². The van der Waals surface area contributed by atoms with E-state index in [1.54, 1.807) is 0 Å². The van der Waals surface area contributed by atoms with Gasteiger partial charge in [-0.3, -0.25) is 4.79 Å². The van der Waals surface area contributed by atoms with E-state index < -0.39 is 0 Å². The number of benzene rings is 4. The Morgan fingerprint density at radius 1 is 0.794 bits per heavy atom. The molecule has 1 aliphatic heterocycles. The van der Waals surface area contributed by atoms with Crippen LogP contribution in [0.15, 0.2) is 103 Å². The maximum absolute atomic E-state index is 13.8. The van der Waals surface area contributed by atoms with Crippen LogP contribution in [0.4, 0.5) is 4.39 Å². The number of para-hydroxylation sites is 1. The second-order valence-corrected chi connectivity index (χ2v) is 8.75. The number of hydrogen-bond acceptors (Lipinski definition) is 1. The van der Waals surface area contributed by atoms with Gasteiger partial charge in [-0.15, -0.1) is 0 Å². The van der Waals surface area contributed by atoms with Gasteiger partial charge in [0.15, 0.2) is 0 Å². The molecule has 4 heteroatoms. The minimum atomic E-state index is -0.267. The molecule has 0 radical (unpaired) electrons. The number of carbonyl (C=O) groups is 1. The zero-order valence-corrected chi connectivity index (χ0v) is 18.8. The Hall–Kier alpha value is -4.18. The smallest absolute Gasteiger partial charge is 0.255 e. The number of aromatic nitrogens is 1. The summed E-state index contributed by atoms with van der Waals surface area (Å²) in [6.45, 7) is 0.505. The quantitative estimate of drug-likeness (QED) is 0.300. The number of carbonyl (C=O) groups excluding carboxylic acids is 1. The number of amides is 1. The van der Waals surface area contributed by atoms with Gasteiger partial charge in [-0.1, -0.05) is 66.7 Å². The first-order valence-corrected chi connectivity index (χ1v) is 11.4. The lowest BCUT2D eigenvalue weighted by molar-refractivity contribution is 0.0737. The lowest BCUT2D eigenvalue weighted by Crippen LogP contribution is -2.28. The first-order valence-electron chi connectivity index (χ1n) is 11.4. The van der Waals surface area contributed by atoms with Crippen molar-refractivity contribution >= 4 is 16.8 Å². The number of hydrogen-bond donors (Lipinski definition) is 0. The summed E-state index contributed by atoms with van der Waals surface area (Å²) in [6.07, 6.45) is 0. The standard InChI is InChI=1S/C30H23FN2O/c1-32-26-14-8-7-13-25(26)27(28(32)21-15-17-22(31)18-16-21)29-23-11-5-6-12-24(23)30(34)33(29)19-20-9-3-2-4-10-20/h2-18,29H,19H2,1H3/t29-/m1/s1. The van der Waals surface area contributed by atoms with Gasteiger partial charge in [0.2, 0.25) is 0 Å². The van der Waals surface area contributed by atoms with Crippen molar-refractivity contribution in [3.8, 4) is 11.3 Å². The molecule has 0 saturated heterocycles. The van der Waals surface area contributed by atoms with Crippen LogP contribution in [0.2, 0.25) is 0 Å². The average molecular weight is 447 g/mol. The third-order valence-corrected chi connectivity index (χ3v) is 6.79. The molecule has 1 aliphatic rings. The van der Waals surface area contributed by atoms with Crippen molar-refractivity contribution < 1.29 is 9.18 Å². The van der Waals surface area contributed by atoms with Crippen molar-refractivity contribution in [2.24, 2.45) is 7.05 Å². The van der Waals surface area contributed by atoms with E-state index in [1.807, 2.05) is 72.6 Å². The summed E-state index contributed by atoms with van der Waals surface area (Å²) in [5.41, 5.74) is 6.88. The van der Waals surface area contributed by atoms with Gasteiger partial charge in [0.25, 0.3) is 5.91 Å². The average Bonchev–Trinajstić information content (AvgIpc) is 3.31. The molecule has 0 saturated carbocycles. The maximum atomic E-state index is 13.8. The zero-order valence-electron chi connectivity index (χ0n) is 18.8. The van der Waals surface area contributed by atoms with E-state index >= 15 is 0 Å². The van der Waals surface area contributed by atoms with Gasteiger partial charge in [0.05, 0.1) is 11.7 Å². The summed E-state index contributed by atoms with van der Waals surface area (Å²) in [7, 11) is 2.04. The van der Waals surface area contributed by atoms with E-state index in [-0.39, 0.29) is 17.8 Å². The highest BCUT2D eigenvalue weighted by Gasteiger charge is 2.40. The summed E-state index contributed by atoms with van der Waals surface area (Å²) < 4.78 is 16.0. The molecule has 6 rings (SSSR count). The molecular weight excluding hydrogens is 423 g/mol. The highest BCUT2D eigenvalue weighted by atomic mass is 19.1. The number of halogens is 1. The molecular formula is C30H23FN2O. The summed E-state index contributed by atoms with van der Waals surface area (Å²) in [4.78, 5) is 15.7. The Balaban J connectivity index is 1.63. The van der Waals surface area contributed by atoms with Gasteiger partial charge in [0.1, 0.15) is 5.82 Å². The first kappa shape index (κ1) is 20.4. The highest BCUT2D eigenvalue weighted by Crippen LogP contribution is 2.46. The van der Waals surface area contributed by atoms with Crippen LogP contribution >= 0.6 is 0 Å². The van der Waals surface area contributed by atoms with Gasteiger partial charge in [0, 0.05) is 35.6 Å². The zero-order chi connectivity index (χ0) is 23.2. The van der Waals surface area contributed by atoms with Crippen LogP contribution in [0.1, 0.15) is 33.1 Å². The molecule has 0 N–H and O–H groups in total. The Morgan fingerprint density at radius 3 is 2.26 bits per heavy atom. The predicted octanol–water partition coefficient (Wildman–Crippen LogP) is 6.73. The highest BCUT2D eigenvalue weighted by molar-refractivity contribution is 6.02. The van der Waals surface area contributed by atoms with E-state index in [0.717, 1.165) is 44.4 Å². The summed E-state index contributed by atoms with van der Waals surface area (Å²) in [5, 5.41) is 1.09. The van der Waals surface area contributed by atoms with E-state index in [4.69, 9.17) is 0 Å². The largest absolute Gasteiger partial charge is 0.343 e. The van der Waals surface area contributed by atoms with Crippen molar-refractivity contribution in [3.63, 3.8) is 0 Å². The summed E-state index contributed by atoms with van der Waals surface area (Å²) in [6, 6.07) is 32.6. The minimum absolute atomic E-state index is 0.0300. The first-order chi connectivity index (χ1) is 16.6. The predicted molar refractivity (Wildman–Crippen MR) is 133 cm³/mol. The lowest BCUT2D eigenvalue weighted by Gasteiger charge is -2.27. The molecule has 0 unspecified atom stereocenters. The second-order valence-electron chi connectivity index (χ2n) is 8.75. The van der Waals surface area contributed by atoms with Crippen molar-refractivity contribution in [2.45, 2.75) is 12.6 Å². The van der Waals surface area contributed by atoms with Gasteiger partial charge in [-0.05, 0) is 53.1 Å². The Labute approximate surface area is 197 Å². The molecule has 1 amide bonds. The molecule has 166 valence electrons. The third-order valence-electron chi connectivity index (χ3n) is 6.79. The number of aryl methyl sites for hydroxylation is 1. The second kappa shape index (κ2) is 7.99. The monoisotopic (exact) mass is 446 g/mol. The fraction of sp³-hybridized carbons (Fsp3) is 0.100. The molecule has 0 aliphatic carbocycles. The molecule has 3 nitrogen and oxygen atoms in total. The normalized spacial score (nSPS) is 15.2. The van der Waals surface area contributed by atoms with Crippen LogP contribution in [-0.4, -0.2) is 15.4 Å². The van der Waals surface area contributed by atoms with Crippen LogP contribution in [-0.2, 0) is 13.6 Å². The molecule has 0 bridgehead atoms. The SMILES string of the molecule is Cn1c(-c2ccc(F)cc2)c([C@H]2c3ccccc3C(=O)N2Cc2ccccc2)c2ccccc21. The van der Waals surface area contributed by atoms with Gasteiger partial charge in [-0.2, -0.15) is 0 Å². The van der Waals surface area contributed by atoms with Crippen LogP contribution < -0.4 is 0 Å². The number of nitrogens with zero attached hydrogens (tertiary/aromatic N) is 2. The van der Waals surface area contributed by atoms with E-state index in [9.17, 15) is 9.18 Å². The maximum Gasteiger partial charge on any atom is 0.255 e. The Bertz CT molecular complexity index is 1520. The molecule has 2 heterocycles. The van der Waals surface area contributed by atoms with Crippen LogP contribution in [0.3, 0.4) is 0 Å². The molecule has 0 spiro atoms. The van der Waals surface area contributed by atoms with Crippen LogP contribution in [0, 0.1) is 5.82 Å². The fourth-order valence-corrected chi connectivity index (χ4v) is 5.28. The molecule has 1 atom stereocenters. The summed E-state index contributed by atoms with van der Waals surface area (Å²) in [5.74, 6) is -0.237. The van der Waals surface area contributed by atoms with Gasteiger partial charge in [-0.25, -0.2) is 4.39 Å². The fourth-order valence-electron chi connectivity index (χ4n) is 5.28. The van der Waals surface area contributed by atoms with Crippen molar-refractivity contribution in [3.05, 3.63) is 131 Å². The molecule has 34 heavy (non-hydrogen) atoms. The van der Waals surface area contributed by atoms with Crippen LogP contribution in [0.25, 0.3) is 22.2 Å². The summed E-state index contributed by atoms with van der Waals surface area (Å²) >= 11 is 0. The molecule has 5 aromatic rings. The third kappa shape index (κ3) is 3.14. The Morgan fingerprint density at radius 2 is 1.47 bits per heavy atom. The number of rotatable bonds is 4. The van der Waals surface area contributed by atoms with E-state index in [2.05, 4.69) is 34.9 Å². The van der Waals surface area contributed by atoms with Crippen LogP contribution in [0.5, 0.6) is 0 Å². The van der Waals surface area contributed by atoms with E-state index in [1.165, 1.54) is 12.1 Å². The minimum Gasteiger partial charge on any atom is -0.343 e. The molecule has 0 fully saturated rings.